The van der Waals surface area contributed by atoms with Crippen molar-refractivity contribution in [3.8, 4) is 11.3 Å². The summed E-state index contributed by atoms with van der Waals surface area (Å²) >= 11 is 1.29. The van der Waals surface area contributed by atoms with Gasteiger partial charge < -0.3 is 16.0 Å². The zero-order chi connectivity index (χ0) is 27.3. The molecule has 3 aromatic carbocycles. The molecule has 0 fully saturated rings. The number of aromatic nitrogens is 1. The van der Waals surface area contributed by atoms with E-state index in [2.05, 4.69) is 10.3 Å². The summed E-state index contributed by atoms with van der Waals surface area (Å²) in [5.74, 6) is -0.109. The summed E-state index contributed by atoms with van der Waals surface area (Å²) in [6, 6.07) is 17.7. The summed E-state index contributed by atoms with van der Waals surface area (Å²) in [6.45, 7) is 0.614. The molecule has 0 atom stereocenters. The van der Waals surface area contributed by atoms with Gasteiger partial charge in [-0.3, -0.25) is 9.35 Å². The molecule has 11 heteroatoms. The molecule has 9 nitrogen and oxygen atoms in total. The Morgan fingerprint density at radius 1 is 1.00 bits per heavy atom. The van der Waals surface area contributed by atoms with Crippen LogP contribution >= 0.6 is 11.3 Å². The Labute approximate surface area is 226 Å². The van der Waals surface area contributed by atoms with Crippen molar-refractivity contribution in [1.29, 1.82) is 0 Å². The molecule has 0 saturated carbocycles. The van der Waals surface area contributed by atoms with Crippen molar-refractivity contribution in [2.45, 2.75) is 25.7 Å². The van der Waals surface area contributed by atoms with Gasteiger partial charge >= 0.3 is 10.3 Å². The van der Waals surface area contributed by atoms with E-state index in [-0.39, 0.29) is 11.6 Å². The molecule has 38 heavy (non-hydrogen) atoms. The minimum atomic E-state index is -4.68. The lowest BCUT2D eigenvalue weighted by Gasteiger charge is -2.24. The molecule has 0 radical (unpaired) electrons. The van der Waals surface area contributed by atoms with Gasteiger partial charge in [-0.15, -0.1) is 11.3 Å². The number of carbonyl (C=O) groups is 1. The van der Waals surface area contributed by atoms with Gasteiger partial charge in [-0.2, -0.15) is 8.42 Å². The molecule has 0 aliphatic rings. The average Bonchev–Trinajstić information content (AvgIpc) is 3.34. The van der Waals surface area contributed by atoms with Crippen molar-refractivity contribution in [2.75, 3.05) is 35.2 Å². The number of anilines is 4. The molecule has 0 spiro atoms. The summed E-state index contributed by atoms with van der Waals surface area (Å²) in [4.78, 5) is 18.7. The van der Waals surface area contributed by atoms with Gasteiger partial charge in [0.25, 0.3) is 0 Å². The second-order valence-corrected chi connectivity index (χ2v) is 11.1. The van der Waals surface area contributed by atoms with Crippen LogP contribution in [-0.2, 0) is 15.1 Å². The lowest BCUT2D eigenvalue weighted by atomic mass is 10.1. The molecule has 1 amide bonds. The van der Waals surface area contributed by atoms with Crippen molar-refractivity contribution in [2.24, 2.45) is 5.73 Å². The monoisotopic (exact) mass is 553 g/mol. The zero-order valence-electron chi connectivity index (χ0n) is 21.3. The van der Waals surface area contributed by atoms with Crippen LogP contribution in [0, 0.1) is 0 Å². The predicted octanol–water partition coefficient (Wildman–Crippen LogP) is 5.43. The second-order valence-electron chi connectivity index (χ2n) is 9.02. The van der Waals surface area contributed by atoms with Gasteiger partial charge in [0, 0.05) is 47.9 Å². The van der Waals surface area contributed by atoms with Crippen LogP contribution in [0.2, 0.25) is 0 Å². The first-order valence-corrected chi connectivity index (χ1v) is 14.5. The number of hydrogen-bond donors (Lipinski definition) is 3. The van der Waals surface area contributed by atoms with E-state index < -0.39 is 10.3 Å². The number of amides is 1. The minimum Gasteiger partial charge on any atom is -0.377 e. The molecule has 4 aromatic rings. The van der Waals surface area contributed by atoms with Crippen molar-refractivity contribution in [3.05, 3.63) is 66.0 Å². The topological polar surface area (TPSA) is 129 Å². The number of unbranched alkanes of at least 4 members (excludes halogenated alkanes) is 2. The highest BCUT2D eigenvalue weighted by molar-refractivity contribution is 7.87. The van der Waals surface area contributed by atoms with Gasteiger partial charge in [0.2, 0.25) is 5.91 Å². The van der Waals surface area contributed by atoms with Crippen LogP contribution in [0.5, 0.6) is 0 Å². The third-order valence-electron chi connectivity index (χ3n) is 6.04. The van der Waals surface area contributed by atoms with Crippen molar-refractivity contribution in [3.63, 3.8) is 0 Å². The number of carbonyl (C=O) groups excluding carboxylic acids is 1. The maximum absolute atomic E-state index is 12.7. The molecule has 0 bridgehead atoms. The molecular formula is C27H31N5O4S2. The Bertz CT molecular complexity index is 1540. The first-order chi connectivity index (χ1) is 18.2. The van der Waals surface area contributed by atoms with E-state index in [0.717, 1.165) is 34.6 Å². The first kappa shape index (κ1) is 27.5. The van der Waals surface area contributed by atoms with E-state index in [1.807, 2.05) is 43.3 Å². The Kier molecular flexibility index (Phi) is 8.62. The van der Waals surface area contributed by atoms with Crippen LogP contribution in [0.4, 0.5) is 22.2 Å². The molecule has 1 heterocycles. The Morgan fingerprint density at radius 2 is 1.68 bits per heavy atom. The molecule has 0 unspecified atom stereocenters. The summed E-state index contributed by atoms with van der Waals surface area (Å²) < 4.78 is 36.6. The quantitative estimate of drug-likeness (QED) is 0.167. The smallest absolute Gasteiger partial charge is 0.364 e. The summed E-state index contributed by atoms with van der Waals surface area (Å²) in [6.07, 6.45) is 2.95. The Balaban J connectivity index is 1.66. The van der Waals surface area contributed by atoms with Crippen LogP contribution in [0.25, 0.3) is 22.0 Å². The lowest BCUT2D eigenvalue weighted by Crippen LogP contribution is -2.25. The van der Waals surface area contributed by atoms with E-state index in [1.54, 1.807) is 41.8 Å². The number of nitrogens with zero attached hydrogens (tertiary/aromatic N) is 3. The van der Waals surface area contributed by atoms with E-state index in [4.69, 9.17) is 5.73 Å². The van der Waals surface area contributed by atoms with Gasteiger partial charge in [0.15, 0.2) is 5.13 Å². The third kappa shape index (κ3) is 6.30. The van der Waals surface area contributed by atoms with E-state index in [9.17, 15) is 17.8 Å². The highest BCUT2D eigenvalue weighted by Gasteiger charge is 2.25. The van der Waals surface area contributed by atoms with Crippen LogP contribution < -0.4 is 20.3 Å². The number of benzene rings is 3. The first-order valence-electron chi connectivity index (χ1n) is 12.2. The van der Waals surface area contributed by atoms with Gasteiger partial charge in [-0.1, -0.05) is 42.8 Å². The summed E-state index contributed by atoms with van der Waals surface area (Å²) in [5.41, 5.74) is 8.22. The number of thiazole rings is 1. The molecule has 0 saturated heterocycles. The number of rotatable bonds is 11. The summed E-state index contributed by atoms with van der Waals surface area (Å²) in [5, 5.41) is 6.60. The van der Waals surface area contributed by atoms with E-state index >= 15 is 0 Å². The average molecular weight is 554 g/mol. The standard InChI is InChI=1S/C27H31N5O4S2/c1-31(2)24-13-7-12-22-21(24)11-8-14-25(22)32(38(34,35)36)20-10-6-9-19(17-20)23-18-37-27(29-23)30-26(33)15-4-3-5-16-28/h6-14,17-18H,3-5,15-16,28H2,1-2H3,(H,29,30,33)(H,34,35,36). The van der Waals surface area contributed by atoms with E-state index in [0.29, 0.717) is 40.4 Å². The Hall–Kier alpha value is -3.51. The zero-order valence-corrected chi connectivity index (χ0v) is 22.9. The van der Waals surface area contributed by atoms with Crippen LogP contribution in [-0.4, -0.2) is 44.5 Å². The highest BCUT2D eigenvalue weighted by Crippen LogP contribution is 2.38. The fourth-order valence-corrected chi connectivity index (χ4v) is 5.81. The second kappa shape index (κ2) is 11.9. The van der Waals surface area contributed by atoms with Crippen LogP contribution in [0.3, 0.4) is 0 Å². The van der Waals surface area contributed by atoms with Crippen molar-refractivity contribution in [1.82, 2.24) is 4.98 Å². The van der Waals surface area contributed by atoms with Crippen molar-refractivity contribution >= 4 is 60.5 Å². The fourth-order valence-electron chi connectivity index (χ4n) is 4.28. The SMILES string of the molecule is CN(C)c1cccc2c(N(c3cccc(-c4csc(NC(=O)CCCCCN)n4)c3)S(=O)(=O)O)cccc12. The van der Waals surface area contributed by atoms with Crippen LogP contribution in [0.1, 0.15) is 25.7 Å². The summed E-state index contributed by atoms with van der Waals surface area (Å²) in [7, 11) is -0.852. The number of nitrogens with two attached hydrogens (primary N) is 1. The Morgan fingerprint density at radius 3 is 2.37 bits per heavy atom. The van der Waals surface area contributed by atoms with Crippen molar-refractivity contribution < 1.29 is 17.8 Å². The number of nitrogens with one attached hydrogen (secondary N) is 1. The largest absolute Gasteiger partial charge is 0.377 e. The van der Waals surface area contributed by atoms with Gasteiger partial charge in [-0.05, 0) is 43.7 Å². The molecule has 1 aromatic heterocycles. The predicted molar refractivity (Wildman–Crippen MR) is 156 cm³/mol. The number of fused-ring (bicyclic) bond motifs is 1. The number of hydrogen-bond acceptors (Lipinski definition) is 7. The molecule has 0 aliphatic heterocycles. The molecular weight excluding hydrogens is 522 g/mol. The lowest BCUT2D eigenvalue weighted by molar-refractivity contribution is -0.116. The molecule has 4 N–H and O–H groups in total. The van der Waals surface area contributed by atoms with E-state index in [1.165, 1.54) is 11.3 Å². The molecule has 0 aliphatic carbocycles. The fraction of sp³-hybridized carbons (Fsp3) is 0.259. The van der Waals surface area contributed by atoms with Crippen LogP contribution in [0.15, 0.2) is 66.0 Å². The minimum absolute atomic E-state index is 0.109. The van der Waals surface area contributed by atoms with Gasteiger partial charge in [0.1, 0.15) is 0 Å². The maximum Gasteiger partial charge on any atom is 0.364 e. The van der Waals surface area contributed by atoms with Gasteiger partial charge in [-0.25, -0.2) is 9.29 Å². The van der Waals surface area contributed by atoms with Gasteiger partial charge in [0.05, 0.1) is 17.1 Å². The highest BCUT2D eigenvalue weighted by atomic mass is 32.2. The third-order valence-corrected chi connectivity index (χ3v) is 7.67. The maximum atomic E-state index is 12.7. The molecule has 200 valence electrons. The normalized spacial score (nSPS) is 11.5. The molecule has 4 rings (SSSR count).